The monoisotopic (exact) mass is 466 g/mol. The minimum absolute atomic E-state index is 0.198. The maximum atomic E-state index is 12.3. The summed E-state index contributed by atoms with van der Waals surface area (Å²) in [5.74, 6) is 0.979. The molecular weight excluding hydrogens is 452 g/mol. The van der Waals surface area contributed by atoms with Gasteiger partial charge in [-0.3, -0.25) is 4.79 Å². The van der Waals surface area contributed by atoms with Crippen LogP contribution in [0, 0.1) is 6.92 Å². The lowest BCUT2D eigenvalue weighted by atomic mass is 10.2. The molecule has 2 aromatic carbocycles. The fourth-order valence-electron chi connectivity index (χ4n) is 2.51. The lowest BCUT2D eigenvalue weighted by molar-refractivity contribution is -0.115. The van der Waals surface area contributed by atoms with Crippen molar-refractivity contribution in [1.29, 1.82) is 0 Å². The van der Waals surface area contributed by atoms with Gasteiger partial charge in [0.15, 0.2) is 16.7 Å². The zero-order valence-corrected chi connectivity index (χ0v) is 18.0. The summed E-state index contributed by atoms with van der Waals surface area (Å²) >= 11 is 10.7. The molecule has 0 spiro atoms. The lowest BCUT2D eigenvalue weighted by Crippen LogP contribution is -2.19. The summed E-state index contributed by atoms with van der Waals surface area (Å²) in [7, 11) is 3.14. The Bertz CT molecular complexity index is 976. The number of rotatable bonds is 4. The number of hydrogen-bond donors (Lipinski definition) is 1. The van der Waals surface area contributed by atoms with E-state index < -0.39 is 0 Å². The molecule has 1 saturated heterocycles. The Labute approximate surface area is 174 Å². The highest BCUT2D eigenvalue weighted by molar-refractivity contribution is 9.10. The van der Waals surface area contributed by atoms with Gasteiger partial charge in [-0.2, -0.15) is 0 Å². The molecule has 1 fully saturated rings. The maximum Gasteiger partial charge on any atom is 0.264 e. The van der Waals surface area contributed by atoms with Crippen LogP contribution in [0.15, 0.2) is 44.7 Å². The van der Waals surface area contributed by atoms with Gasteiger partial charge in [-0.1, -0.05) is 11.6 Å². The molecule has 1 N–H and O–H groups in total. The third kappa shape index (κ3) is 4.48. The Hall–Kier alpha value is -1.96. The quantitative estimate of drug-likeness (QED) is 0.618. The Morgan fingerprint density at radius 3 is 2.67 bits per heavy atom. The molecule has 5 nitrogen and oxygen atoms in total. The van der Waals surface area contributed by atoms with Gasteiger partial charge in [0.2, 0.25) is 0 Å². The van der Waals surface area contributed by atoms with E-state index in [0.29, 0.717) is 26.6 Å². The Morgan fingerprint density at radius 2 is 2.00 bits per heavy atom. The van der Waals surface area contributed by atoms with Crippen LogP contribution in [0.2, 0.25) is 5.02 Å². The number of amides is 1. The van der Waals surface area contributed by atoms with Crippen molar-refractivity contribution in [1.82, 2.24) is 5.32 Å². The highest BCUT2D eigenvalue weighted by Gasteiger charge is 2.24. The van der Waals surface area contributed by atoms with Gasteiger partial charge < -0.3 is 14.8 Å². The fourth-order valence-corrected chi connectivity index (χ4v) is 4.19. The summed E-state index contributed by atoms with van der Waals surface area (Å²) in [4.78, 5) is 17.4. The van der Waals surface area contributed by atoms with Gasteiger partial charge in [0.05, 0.1) is 29.3 Å². The zero-order chi connectivity index (χ0) is 19.6. The van der Waals surface area contributed by atoms with Crippen molar-refractivity contribution in [2.75, 3.05) is 14.2 Å². The fraction of sp³-hybridized carbons (Fsp3) is 0.158. The molecule has 0 atom stereocenters. The number of hydrogen-bond acceptors (Lipinski definition) is 5. The van der Waals surface area contributed by atoms with Crippen LogP contribution >= 0.6 is 39.3 Å². The number of halogens is 2. The number of aliphatic imine (C=N–C) groups is 1. The first-order valence-corrected chi connectivity index (χ1v) is 9.87. The average molecular weight is 468 g/mol. The molecule has 3 rings (SSSR count). The van der Waals surface area contributed by atoms with Gasteiger partial charge in [-0.25, -0.2) is 4.99 Å². The van der Waals surface area contributed by atoms with Gasteiger partial charge in [0, 0.05) is 5.02 Å². The summed E-state index contributed by atoms with van der Waals surface area (Å²) in [5, 5.41) is 3.96. The second-order valence-electron chi connectivity index (χ2n) is 5.65. The number of nitrogens with one attached hydrogen (secondary N) is 1. The molecular formula is C19H16BrClN2O3S. The topological polar surface area (TPSA) is 59.9 Å². The van der Waals surface area contributed by atoms with E-state index in [-0.39, 0.29) is 5.91 Å². The zero-order valence-electron chi connectivity index (χ0n) is 14.8. The first kappa shape index (κ1) is 19.8. The van der Waals surface area contributed by atoms with E-state index in [4.69, 9.17) is 21.1 Å². The third-order valence-corrected chi connectivity index (χ3v) is 5.52. The van der Waals surface area contributed by atoms with E-state index in [0.717, 1.165) is 21.3 Å². The number of methoxy groups -OCH3 is 2. The van der Waals surface area contributed by atoms with Crippen molar-refractivity contribution in [2.24, 2.45) is 4.99 Å². The molecule has 1 heterocycles. The number of amidine groups is 1. The molecule has 0 aromatic heterocycles. The normalized spacial score (nSPS) is 16.7. The van der Waals surface area contributed by atoms with E-state index in [1.165, 1.54) is 11.8 Å². The smallest absolute Gasteiger partial charge is 0.264 e. The second kappa shape index (κ2) is 8.37. The van der Waals surface area contributed by atoms with Crippen LogP contribution in [-0.2, 0) is 4.79 Å². The highest BCUT2D eigenvalue weighted by atomic mass is 79.9. The lowest BCUT2D eigenvalue weighted by Gasteiger charge is -2.10. The van der Waals surface area contributed by atoms with Crippen LogP contribution in [0.5, 0.6) is 11.5 Å². The first-order valence-electron chi connectivity index (χ1n) is 7.88. The summed E-state index contributed by atoms with van der Waals surface area (Å²) in [6.07, 6.45) is 1.78. The molecule has 0 radical (unpaired) electrons. The maximum absolute atomic E-state index is 12.3. The van der Waals surface area contributed by atoms with E-state index in [9.17, 15) is 4.79 Å². The van der Waals surface area contributed by atoms with Crippen LogP contribution in [0.4, 0.5) is 5.69 Å². The minimum atomic E-state index is -0.198. The molecule has 1 aliphatic heterocycles. The summed E-state index contributed by atoms with van der Waals surface area (Å²) in [6.45, 7) is 1.92. The second-order valence-corrected chi connectivity index (χ2v) is 7.97. The number of aryl methyl sites for hydroxylation is 1. The standard InChI is InChI=1S/C19H16BrClN2O3S/c1-10-6-12(21)4-5-14(10)22-19-23-18(24)16(27-19)9-11-7-13(20)17(26-3)15(8-11)25-2/h4-9H,1-3H3,(H,22,23,24)/b16-9-. The molecule has 0 unspecified atom stereocenters. The largest absolute Gasteiger partial charge is 0.493 e. The van der Waals surface area contributed by atoms with Gasteiger partial charge in [-0.05, 0) is 82.2 Å². The van der Waals surface area contributed by atoms with Gasteiger partial charge in [0.25, 0.3) is 5.91 Å². The molecule has 0 aliphatic carbocycles. The van der Waals surface area contributed by atoms with Crippen LogP contribution in [0.1, 0.15) is 11.1 Å². The predicted octanol–water partition coefficient (Wildman–Crippen LogP) is 5.32. The van der Waals surface area contributed by atoms with Crippen LogP contribution < -0.4 is 14.8 Å². The van der Waals surface area contributed by atoms with E-state index in [2.05, 4.69) is 26.2 Å². The number of ether oxygens (including phenoxy) is 2. The number of nitrogens with zero attached hydrogens (tertiary/aromatic N) is 1. The number of carbonyl (C=O) groups excluding carboxylic acids is 1. The predicted molar refractivity (Wildman–Crippen MR) is 114 cm³/mol. The number of thioether (sulfide) groups is 1. The van der Waals surface area contributed by atoms with Crippen molar-refractivity contribution >= 4 is 62.1 Å². The van der Waals surface area contributed by atoms with Crippen molar-refractivity contribution in [3.63, 3.8) is 0 Å². The van der Waals surface area contributed by atoms with Crippen molar-refractivity contribution < 1.29 is 14.3 Å². The van der Waals surface area contributed by atoms with Gasteiger partial charge >= 0.3 is 0 Å². The molecule has 0 bridgehead atoms. The van der Waals surface area contributed by atoms with E-state index in [1.807, 2.05) is 31.2 Å². The van der Waals surface area contributed by atoms with Crippen molar-refractivity contribution in [3.8, 4) is 11.5 Å². The molecule has 27 heavy (non-hydrogen) atoms. The molecule has 0 saturated carbocycles. The van der Waals surface area contributed by atoms with E-state index in [1.54, 1.807) is 26.4 Å². The van der Waals surface area contributed by atoms with E-state index >= 15 is 0 Å². The molecule has 1 aliphatic rings. The summed E-state index contributed by atoms with van der Waals surface area (Å²) in [6, 6.07) is 9.10. The number of carbonyl (C=O) groups is 1. The SMILES string of the molecule is COc1cc(/C=C2\SC(=Nc3ccc(Cl)cc3C)NC2=O)cc(Br)c1OC. The first-order chi connectivity index (χ1) is 12.9. The molecule has 140 valence electrons. The minimum Gasteiger partial charge on any atom is -0.493 e. The molecule has 2 aromatic rings. The Morgan fingerprint density at radius 1 is 1.22 bits per heavy atom. The summed E-state index contributed by atoms with van der Waals surface area (Å²) < 4.78 is 11.4. The Kier molecular flexibility index (Phi) is 6.14. The molecule has 1 amide bonds. The van der Waals surface area contributed by atoms with Crippen LogP contribution in [0.25, 0.3) is 6.08 Å². The van der Waals surface area contributed by atoms with Crippen molar-refractivity contribution in [3.05, 3.63) is 55.9 Å². The van der Waals surface area contributed by atoms with Crippen LogP contribution in [0.3, 0.4) is 0 Å². The van der Waals surface area contributed by atoms with Crippen LogP contribution in [-0.4, -0.2) is 25.3 Å². The average Bonchev–Trinajstić information content (AvgIpc) is 2.96. The highest BCUT2D eigenvalue weighted by Crippen LogP contribution is 2.38. The Balaban J connectivity index is 1.89. The third-order valence-electron chi connectivity index (χ3n) is 3.79. The van der Waals surface area contributed by atoms with Gasteiger partial charge in [-0.15, -0.1) is 0 Å². The van der Waals surface area contributed by atoms with Gasteiger partial charge in [0.1, 0.15) is 0 Å². The summed E-state index contributed by atoms with van der Waals surface area (Å²) in [5.41, 5.74) is 2.50. The van der Waals surface area contributed by atoms with Crippen molar-refractivity contribution in [2.45, 2.75) is 6.92 Å². The number of benzene rings is 2. The molecule has 8 heteroatoms.